The Bertz CT molecular complexity index is 1030. The number of nitrogens with zero attached hydrogens (tertiary/aromatic N) is 1. The molecule has 7 heteroatoms. The second kappa shape index (κ2) is 8.91. The lowest BCUT2D eigenvalue weighted by Crippen LogP contribution is -2.53. The number of amidine groups is 1. The van der Waals surface area contributed by atoms with Crippen molar-refractivity contribution in [3.05, 3.63) is 65.7 Å². The van der Waals surface area contributed by atoms with Gasteiger partial charge in [0.2, 0.25) is 10.0 Å². The zero-order valence-corrected chi connectivity index (χ0v) is 18.9. The third-order valence-corrected chi connectivity index (χ3v) is 7.73. The number of aliphatic imine (C=N–C) groups is 1. The van der Waals surface area contributed by atoms with Crippen LogP contribution in [0.15, 0.2) is 59.6 Å². The van der Waals surface area contributed by atoms with Gasteiger partial charge in [-0.3, -0.25) is 0 Å². The summed E-state index contributed by atoms with van der Waals surface area (Å²) in [6.07, 6.45) is 5.40. The van der Waals surface area contributed by atoms with Crippen LogP contribution in [0.5, 0.6) is 5.75 Å². The number of sulfonamides is 1. The number of rotatable bonds is 5. The molecule has 2 aromatic rings. The normalized spacial score (nSPS) is 24.2. The Morgan fingerprint density at radius 1 is 1.06 bits per heavy atom. The minimum atomic E-state index is -3.73. The first-order valence-corrected chi connectivity index (χ1v) is 12.4. The van der Waals surface area contributed by atoms with E-state index in [0.29, 0.717) is 17.9 Å². The Balaban J connectivity index is 1.54. The van der Waals surface area contributed by atoms with Crippen molar-refractivity contribution in [2.75, 3.05) is 0 Å². The fraction of sp³-hybridized carbons (Fsp3) is 0.458. The van der Waals surface area contributed by atoms with Gasteiger partial charge in [-0.1, -0.05) is 61.7 Å². The van der Waals surface area contributed by atoms with E-state index >= 15 is 0 Å². The van der Waals surface area contributed by atoms with Crippen molar-refractivity contribution in [2.24, 2.45) is 4.99 Å². The van der Waals surface area contributed by atoms with E-state index in [4.69, 9.17) is 9.47 Å². The molecule has 0 radical (unpaired) electrons. The lowest BCUT2D eigenvalue weighted by atomic mass is 9.96. The maximum Gasteiger partial charge on any atom is 0.299 e. The minimum absolute atomic E-state index is 0.115. The van der Waals surface area contributed by atoms with E-state index in [1.807, 2.05) is 42.5 Å². The first-order chi connectivity index (χ1) is 14.8. The summed E-state index contributed by atoms with van der Waals surface area (Å²) < 4.78 is 41.0. The van der Waals surface area contributed by atoms with Gasteiger partial charge in [0.15, 0.2) is 0 Å². The predicted octanol–water partition coefficient (Wildman–Crippen LogP) is 4.72. The molecule has 1 atom stereocenters. The van der Waals surface area contributed by atoms with Crippen LogP contribution >= 0.6 is 0 Å². The summed E-state index contributed by atoms with van der Waals surface area (Å²) in [6, 6.07) is 17.3. The monoisotopic (exact) mass is 442 g/mol. The summed E-state index contributed by atoms with van der Waals surface area (Å²) in [5, 5.41) is -0.884. The Morgan fingerprint density at radius 2 is 1.81 bits per heavy atom. The molecule has 4 rings (SSSR count). The largest absolute Gasteiger partial charge is 0.489 e. The third-order valence-electron chi connectivity index (χ3n) is 5.81. The highest BCUT2D eigenvalue weighted by Gasteiger charge is 2.48. The number of benzene rings is 2. The molecule has 2 fully saturated rings. The van der Waals surface area contributed by atoms with Gasteiger partial charge in [0.1, 0.15) is 23.2 Å². The maximum atomic E-state index is 13.2. The summed E-state index contributed by atoms with van der Waals surface area (Å²) in [5.74, 6) is 0.619. The van der Waals surface area contributed by atoms with E-state index in [2.05, 4.69) is 9.71 Å². The highest BCUT2D eigenvalue weighted by atomic mass is 32.2. The van der Waals surface area contributed by atoms with Crippen LogP contribution in [0.25, 0.3) is 0 Å². The summed E-state index contributed by atoms with van der Waals surface area (Å²) in [4.78, 5) is 4.57. The quantitative estimate of drug-likeness (QED) is 0.727. The van der Waals surface area contributed by atoms with E-state index in [1.165, 1.54) is 6.42 Å². The standard InChI is InChI=1S/C24H30N2O4S/c1-24(2)22(31(27,28)26-23(30-24)25-20-13-7-4-8-14-20)19-12-9-15-21(16-19)29-17-18-10-5-3-6-11-18/h3,5-6,9-12,15-16,20,22H,4,7-8,13-14,17H2,1-2H3,(H,25,26). The van der Waals surface area contributed by atoms with Crippen LogP contribution in [0, 0.1) is 0 Å². The Labute approximate surface area is 184 Å². The molecule has 1 saturated heterocycles. The molecule has 1 saturated carbocycles. The minimum Gasteiger partial charge on any atom is -0.489 e. The molecular weight excluding hydrogens is 412 g/mol. The molecule has 31 heavy (non-hydrogen) atoms. The molecule has 1 aliphatic carbocycles. The molecule has 2 aliphatic rings. The van der Waals surface area contributed by atoms with Gasteiger partial charge in [-0.2, -0.15) is 0 Å². The van der Waals surface area contributed by atoms with Crippen LogP contribution in [-0.2, 0) is 21.4 Å². The fourth-order valence-corrected chi connectivity index (χ4v) is 6.15. The molecule has 1 unspecified atom stereocenters. The number of nitrogens with one attached hydrogen (secondary N) is 1. The molecule has 0 aromatic heterocycles. The van der Waals surface area contributed by atoms with Crippen LogP contribution in [0.4, 0.5) is 0 Å². The molecule has 1 N–H and O–H groups in total. The van der Waals surface area contributed by atoms with Crippen molar-refractivity contribution >= 4 is 16.0 Å². The summed E-state index contributed by atoms with van der Waals surface area (Å²) in [6.45, 7) is 4.01. The van der Waals surface area contributed by atoms with Gasteiger partial charge in [-0.25, -0.2) is 18.1 Å². The van der Waals surface area contributed by atoms with Crippen molar-refractivity contribution in [1.29, 1.82) is 0 Å². The molecule has 6 nitrogen and oxygen atoms in total. The highest BCUT2D eigenvalue weighted by molar-refractivity contribution is 7.90. The lowest BCUT2D eigenvalue weighted by molar-refractivity contribution is 0.0757. The first kappa shape index (κ1) is 21.7. The molecule has 1 heterocycles. The summed E-state index contributed by atoms with van der Waals surface area (Å²) in [7, 11) is -3.73. The van der Waals surface area contributed by atoms with Gasteiger partial charge in [-0.05, 0) is 49.9 Å². The average Bonchev–Trinajstić information content (AvgIpc) is 2.72. The van der Waals surface area contributed by atoms with Crippen LogP contribution < -0.4 is 9.46 Å². The summed E-state index contributed by atoms with van der Waals surface area (Å²) in [5.41, 5.74) is 0.696. The Kier molecular flexibility index (Phi) is 6.23. The maximum absolute atomic E-state index is 13.2. The number of ether oxygens (including phenoxy) is 2. The van der Waals surface area contributed by atoms with E-state index in [9.17, 15) is 8.42 Å². The van der Waals surface area contributed by atoms with Crippen molar-refractivity contribution in [3.8, 4) is 5.75 Å². The smallest absolute Gasteiger partial charge is 0.299 e. The van der Waals surface area contributed by atoms with E-state index in [0.717, 1.165) is 31.2 Å². The van der Waals surface area contributed by atoms with Crippen LogP contribution in [-0.4, -0.2) is 26.1 Å². The molecule has 0 bridgehead atoms. The molecule has 0 amide bonds. The lowest BCUT2D eigenvalue weighted by Gasteiger charge is -2.39. The van der Waals surface area contributed by atoms with Gasteiger partial charge in [0.25, 0.3) is 6.02 Å². The molecule has 0 spiro atoms. The third kappa shape index (κ3) is 5.21. The van der Waals surface area contributed by atoms with E-state index < -0.39 is 20.9 Å². The fourth-order valence-electron chi connectivity index (χ4n) is 4.40. The van der Waals surface area contributed by atoms with Gasteiger partial charge in [-0.15, -0.1) is 0 Å². The van der Waals surface area contributed by atoms with Crippen molar-refractivity contribution in [3.63, 3.8) is 0 Å². The van der Waals surface area contributed by atoms with Gasteiger partial charge >= 0.3 is 0 Å². The molecule has 2 aromatic carbocycles. The highest BCUT2D eigenvalue weighted by Crippen LogP contribution is 2.39. The zero-order chi connectivity index (χ0) is 21.9. The molecular formula is C24H30N2O4S. The van der Waals surface area contributed by atoms with Crippen molar-refractivity contribution in [1.82, 2.24) is 4.72 Å². The van der Waals surface area contributed by atoms with E-state index in [-0.39, 0.29) is 12.1 Å². The van der Waals surface area contributed by atoms with Gasteiger partial charge in [0.05, 0.1) is 6.04 Å². The van der Waals surface area contributed by atoms with Gasteiger partial charge in [0, 0.05) is 0 Å². The Morgan fingerprint density at radius 3 is 2.52 bits per heavy atom. The average molecular weight is 443 g/mol. The topological polar surface area (TPSA) is 77.0 Å². The Hall–Kier alpha value is -2.54. The zero-order valence-electron chi connectivity index (χ0n) is 18.1. The van der Waals surface area contributed by atoms with Crippen LogP contribution in [0.2, 0.25) is 0 Å². The second-order valence-corrected chi connectivity index (χ2v) is 10.6. The molecule has 1 aliphatic heterocycles. The van der Waals surface area contributed by atoms with E-state index in [1.54, 1.807) is 26.0 Å². The van der Waals surface area contributed by atoms with Crippen LogP contribution in [0.1, 0.15) is 62.3 Å². The van der Waals surface area contributed by atoms with Crippen molar-refractivity contribution in [2.45, 2.75) is 69.5 Å². The second-order valence-electron chi connectivity index (χ2n) is 8.81. The molecule has 166 valence electrons. The SMILES string of the molecule is CC1(C)OC(=NC2CCCCC2)NS(=O)(=O)C1c1cccc(OCc2ccccc2)c1. The van der Waals surface area contributed by atoms with Crippen molar-refractivity contribution < 1.29 is 17.9 Å². The van der Waals surface area contributed by atoms with Gasteiger partial charge < -0.3 is 9.47 Å². The predicted molar refractivity (Wildman–Crippen MR) is 121 cm³/mol. The first-order valence-electron chi connectivity index (χ1n) is 10.9. The van der Waals surface area contributed by atoms with Crippen LogP contribution in [0.3, 0.4) is 0 Å². The number of hydrogen-bond acceptors (Lipinski definition) is 5. The number of hydrogen-bond donors (Lipinski definition) is 1. The summed E-state index contributed by atoms with van der Waals surface area (Å²) >= 11 is 0.